The quantitative estimate of drug-likeness (QED) is 0.643. The molecular formula is C15H16Cl2N2. The summed E-state index contributed by atoms with van der Waals surface area (Å²) >= 11 is 12.1. The Bertz CT molecular complexity index is 529. The first kappa shape index (κ1) is 14.4. The lowest BCUT2D eigenvalue weighted by atomic mass is 9.99. The van der Waals surface area contributed by atoms with E-state index in [9.17, 15) is 0 Å². The van der Waals surface area contributed by atoms with E-state index in [1.54, 1.807) is 6.07 Å². The molecule has 0 aromatic heterocycles. The zero-order valence-electron chi connectivity index (χ0n) is 10.4. The molecule has 2 rings (SSSR count). The minimum Gasteiger partial charge on any atom is -0.271 e. The summed E-state index contributed by atoms with van der Waals surface area (Å²) in [5, 5.41) is 1.27. The summed E-state index contributed by atoms with van der Waals surface area (Å²) in [6, 6.07) is 15.8. The van der Waals surface area contributed by atoms with E-state index in [-0.39, 0.29) is 6.04 Å². The van der Waals surface area contributed by atoms with Crippen molar-refractivity contribution in [2.75, 3.05) is 0 Å². The van der Waals surface area contributed by atoms with Crippen molar-refractivity contribution in [1.29, 1.82) is 0 Å². The smallest absolute Gasteiger partial charge is 0.0477 e. The molecule has 0 radical (unpaired) electrons. The standard InChI is InChI=1S/C15H16Cl2N2/c16-12-7-8-13(14(17)10-12)15(19-18)9-6-11-4-2-1-3-5-11/h1-5,7-8,10,15,19H,6,9,18H2. The molecular weight excluding hydrogens is 279 g/mol. The summed E-state index contributed by atoms with van der Waals surface area (Å²) in [6.45, 7) is 0. The second kappa shape index (κ2) is 6.92. The Labute approximate surface area is 123 Å². The molecule has 4 heteroatoms. The monoisotopic (exact) mass is 294 g/mol. The van der Waals surface area contributed by atoms with Gasteiger partial charge in [0.1, 0.15) is 0 Å². The van der Waals surface area contributed by atoms with E-state index in [0.717, 1.165) is 18.4 Å². The molecule has 0 aliphatic carbocycles. The average Bonchev–Trinajstić information content (AvgIpc) is 2.42. The van der Waals surface area contributed by atoms with E-state index in [1.165, 1.54) is 5.56 Å². The predicted octanol–water partition coefficient (Wildman–Crippen LogP) is 4.13. The summed E-state index contributed by atoms with van der Waals surface area (Å²) in [7, 11) is 0. The highest BCUT2D eigenvalue weighted by atomic mass is 35.5. The average molecular weight is 295 g/mol. The van der Waals surface area contributed by atoms with E-state index in [2.05, 4.69) is 17.6 Å². The second-order valence-corrected chi connectivity index (χ2v) is 5.25. The molecule has 3 N–H and O–H groups in total. The first-order valence-corrected chi connectivity index (χ1v) is 6.91. The van der Waals surface area contributed by atoms with E-state index >= 15 is 0 Å². The van der Waals surface area contributed by atoms with Crippen molar-refractivity contribution >= 4 is 23.2 Å². The summed E-state index contributed by atoms with van der Waals surface area (Å²) in [5.41, 5.74) is 5.08. The fourth-order valence-corrected chi connectivity index (χ4v) is 2.61. The van der Waals surface area contributed by atoms with Crippen LogP contribution in [0.2, 0.25) is 10.0 Å². The lowest BCUT2D eigenvalue weighted by Crippen LogP contribution is -2.28. The molecule has 0 saturated heterocycles. The van der Waals surface area contributed by atoms with E-state index in [0.29, 0.717) is 10.0 Å². The van der Waals surface area contributed by atoms with Crippen molar-refractivity contribution in [1.82, 2.24) is 5.43 Å². The minimum atomic E-state index is 0.0185. The highest BCUT2D eigenvalue weighted by Crippen LogP contribution is 2.28. The van der Waals surface area contributed by atoms with Crippen LogP contribution in [0.15, 0.2) is 48.5 Å². The lowest BCUT2D eigenvalue weighted by Gasteiger charge is -2.18. The number of nitrogens with one attached hydrogen (secondary N) is 1. The number of halogens is 2. The number of rotatable bonds is 5. The summed E-state index contributed by atoms with van der Waals surface area (Å²) in [4.78, 5) is 0. The van der Waals surface area contributed by atoms with Gasteiger partial charge >= 0.3 is 0 Å². The van der Waals surface area contributed by atoms with Crippen LogP contribution in [0, 0.1) is 0 Å². The molecule has 1 atom stereocenters. The second-order valence-electron chi connectivity index (χ2n) is 4.41. The van der Waals surface area contributed by atoms with Crippen molar-refractivity contribution < 1.29 is 0 Å². The van der Waals surface area contributed by atoms with Gasteiger partial charge in [-0.15, -0.1) is 0 Å². The molecule has 0 aliphatic heterocycles. The van der Waals surface area contributed by atoms with E-state index in [1.807, 2.05) is 30.3 Å². The summed E-state index contributed by atoms with van der Waals surface area (Å²) < 4.78 is 0. The Kier molecular flexibility index (Phi) is 5.23. The number of hydrazine groups is 1. The van der Waals surface area contributed by atoms with Crippen LogP contribution in [-0.2, 0) is 6.42 Å². The number of nitrogens with two attached hydrogens (primary N) is 1. The Hall–Kier alpha value is -1.06. The zero-order valence-corrected chi connectivity index (χ0v) is 12.0. The van der Waals surface area contributed by atoms with Crippen LogP contribution in [0.1, 0.15) is 23.6 Å². The van der Waals surface area contributed by atoms with Crippen molar-refractivity contribution in [2.24, 2.45) is 5.84 Å². The van der Waals surface area contributed by atoms with E-state index < -0.39 is 0 Å². The van der Waals surface area contributed by atoms with Crippen molar-refractivity contribution in [2.45, 2.75) is 18.9 Å². The fourth-order valence-electron chi connectivity index (χ4n) is 2.07. The van der Waals surface area contributed by atoms with E-state index in [4.69, 9.17) is 29.0 Å². The van der Waals surface area contributed by atoms with Gasteiger partial charge in [-0.2, -0.15) is 0 Å². The Morgan fingerprint density at radius 3 is 2.42 bits per heavy atom. The predicted molar refractivity (Wildman–Crippen MR) is 81.3 cm³/mol. The van der Waals surface area contributed by atoms with Crippen molar-refractivity contribution in [3.05, 3.63) is 69.7 Å². The molecule has 0 spiro atoms. The minimum absolute atomic E-state index is 0.0185. The third kappa shape index (κ3) is 3.95. The van der Waals surface area contributed by atoms with Crippen LogP contribution >= 0.6 is 23.2 Å². The topological polar surface area (TPSA) is 38.0 Å². The molecule has 0 bridgehead atoms. The first-order valence-electron chi connectivity index (χ1n) is 6.15. The maximum absolute atomic E-state index is 6.20. The van der Waals surface area contributed by atoms with Crippen LogP contribution in [0.5, 0.6) is 0 Å². The zero-order chi connectivity index (χ0) is 13.7. The highest BCUT2D eigenvalue weighted by Gasteiger charge is 2.13. The number of hydrogen-bond acceptors (Lipinski definition) is 2. The number of hydrogen-bond donors (Lipinski definition) is 2. The third-order valence-electron chi connectivity index (χ3n) is 3.10. The molecule has 2 nitrogen and oxygen atoms in total. The van der Waals surface area contributed by atoms with Gasteiger partial charge in [-0.3, -0.25) is 11.3 Å². The Balaban J connectivity index is 2.08. The first-order chi connectivity index (χ1) is 9.20. The van der Waals surface area contributed by atoms with Gasteiger partial charge in [0.05, 0.1) is 0 Å². The van der Waals surface area contributed by atoms with Crippen LogP contribution in [-0.4, -0.2) is 0 Å². The molecule has 2 aromatic carbocycles. The fraction of sp³-hybridized carbons (Fsp3) is 0.200. The van der Waals surface area contributed by atoms with Gasteiger partial charge in [0.15, 0.2) is 0 Å². The molecule has 0 amide bonds. The maximum atomic E-state index is 6.20. The van der Waals surface area contributed by atoms with Gasteiger partial charge in [0, 0.05) is 16.1 Å². The van der Waals surface area contributed by atoms with Crippen LogP contribution in [0.25, 0.3) is 0 Å². The van der Waals surface area contributed by atoms with Crippen LogP contribution in [0.4, 0.5) is 0 Å². The summed E-state index contributed by atoms with van der Waals surface area (Å²) in [6.07, 6.45) is 1.82. The van der Waals surface area contributed by atoms with Crippen LogP contribution in [0.3, 0.4) is 0 Å². The summed E-state index contributed by atoms with van der Waals surface area (Å²) in [5.74, 6) is 5.63. The van der Waals surface area contributed by atoms with Gasteiger partial charge < -0.3 is 0 Å². The molecule has 0 heterocycles. The lowest BCUT2D eigenvalue weighted by molar-refractivity contribution is 0.516. The van der Waals surface area contributed by atoms with Crippen LogP contribution < -0.4 is 11.3 Å². The molecule has 0 aliphatic rings. The highest BCUT2D eigenvalue weighted by molar-refractivity contribution is 6.35. The number of aryl methyl sites for hydroxylation is 1. The molecule has 100 valence electrons. The molecule has 2 aromatic rings. The SMILES string of the molecule is NNC(CCc1ccccc1)c1ccc(Cl)cc1Cl. The molecule has 1 unspecified atom stereocenters. The van der Waals surface area contributed by atoms with Crippen molar-refractivity contribution in [3.63, 3.8) is 0 Å². The largest absolute Gasteiger partial charge is 0.271 e. The van der Waals surface area contributed by atoms with Gasteiger partial charge in [0.25, 0.3) is 0 Å². The van der Waals surface area contributed by atoms with Crippen molar-refractivity contribution in [3.8, 4) is 0 Å². The third-order valence-corrected chi connectivity index (χ3v) is 3.67. The number of benzene rings is 2. The van der Waals surface area contributed by atoms with Gasteiger partial charge in [-0.05, 0) is 36.1 Å². The van der Waals surface area contributed by atoms with Gasteiger partial charge in [-0.1, -0.05) is 59.6 Å². The molecule has 0 saturated carbocycles. The van der Waals surface area contributed by atoms with Gasteiger partial charge in [-0.25, -0.2) is 0 Å². The Morgan fingerprint density at radius 1 is 1.05 bits per heavy atom. The Morgan fingerprint density at radius 2 is 1.79 bits per heavy atom. The normalized spacial score (nSPS) is 12.4. The van der Waals surface area contributed by atoms with Gasteiger partial charge in [0.2, 0.25) is 0 Å². The molecule has 0 fully saturated rings. The molecule has 19 heavy (non-hydrogen) atoms. The maximum Gasteiger partial charge on any atom is 0.0477 e.